The average molecular weight is 378 g/mol. The average Bonchev–Trinajstić information content (AvgIpc) is 2.69. The Bertz CT molecular complexity index is 464. The van der Waals surface area contributed by atoms with Gasteiger partial charge >= 0.3 is 0 Å². The molecular weight excluding hydrogens is 354 g/mol. The highest BCUT2D eigenvalue weighted by atomic mass is 79.9. The third-order valence-corrected chi connectivity index (χ3v) is 8.47. The van der Waals surface area contributed by atoms with Gasteiger partial charge in [0.2, 0.25) is 0 Å². The van der Waals surface area contributed by atoms with Crippen LogP contribution >= 0.6 is 39.5 Å². The van der Waals surface area contributed by atoms with Crippen molar-refractivity contribution in [2.45, 2.75) is 55.4 Å². The van der Waals surface area contributed by atoms with E-state index in [1.165, 1.54) is 5.69 Å². The van der Waals surface area contributed by atoms with Crippen LogP contribution in [0.25, 0.3) is 0 Å². The summed E-state index contributed by atoms with van der Waals surface area (Å²) in [7, 11) is 2.01. The topological polar surface area (TPSA) is 43.8 Å². The standard InChI is InChI=1S/C14H24BrN3S2/c1-5-11-14(15)12(18(4)17-11)6-10(16)13-7-19-8(2)9(3)20-13/h8-10,13H,5-7,16H2,1-4H3. The number of hydrogen-bond acceptors (Lipinski definition) is 4. The van der Waals surface area contributed by atoms with Gasteiger partial charge in [-0.15, -0.1) is 0 Å². The highest BCUT2D eigenvalue weighted by Gasteiger charge is 2.30. The summed E-state index contributed by atoms with van der Waals surface area (Å²) in [5.74, 6) is 1.16. The van der Waals surface area contributed by atoms with Gasteiger partial charge in [0.05, 0.1) is 15.9 Å². The molecule has 1 aliphatic rings. The van der Waals surface area contributed by atoms with Gasteiger partial charge in [-0.25, -0.2) is 0 Å². The van der Waals surface area contributed by atoms with Crippen LogP contribution in [0.1, 0.15) is 32.2 Å². The molecule has 2 N–H and O–H groups in total. The first-order chi connectivity index (χ1) is 9.43. The van der Waals surface area contributed by atoms with E-state index < -0.39 is 0 Å². The molecule has 1 aromatic rings. The number of rotatable bonds is 4. The molecule has 0 radical (unpaired) electrons. The summed E-state index contributed by atoms with van der Waals surface area (Å²) in [6, 6.07) is 0.193. The van der Waals surface area contributed by atoms with Crippen LogP contribution in [0.4, 0.5) is 0 Å². The van der Waals surface area contributed by atoms with E-state index in [1.807, 2.05) is 11.7 Å². The van der Waals surface area contributed by atoms with Gasteiger partial charge in [0.25, 0.3) is 0 Å². The molecule has 3 nitrogen and oxygen atoms in total. The molecule has 4 unspecified atom stereocenters. The highest BCUT2D eigenvalue weighted by Crippen LogP contribution is 2.37. The first kappa shape index (κ1) is 16.7. The van der Waals surface area contributed by atoms with E-state index in [4.69, 9.17) is 5.73 Å². The number of hydrogen-bond donors (Lipinski definition) is 1. The third kappa shape index (κ3) is 3.57. The molecule has 114 valence electrons. The molecule has 1 aliphatic heterocycles. The maximum atomic E-state index is 6.48. The molecule has 0 spiro atoms. The Labute approximate surface area is 139 Å². The predicted molar refractivity (Wildman–Crippen MR) is 94.7 cm³/mol. The quantitative estimate of drug-likeness (QED) is 0.874. The predicted octanol–water partition coefficient (Wildman–Crippen LogP) is 3.24. The molecule has 0 aliphatic carbocycles. The van der Waals surface area contributed by atoms with Gasteiger partial charge in [0, 0.05) is 41.0 Å². The zero-order valence-electron chi connectivity index (χ0n) is 12.6. The normalized spacial score (nSPS) is 28.6. The van der Waals surface area contributed by atoms with Crippen molar-refractivity contribution >= 4 is 39.5 Å². The summed E-state index contributed by atoms with van der Waals surface area (Å²) < 4.78 is 3.13. The van der Waals surface area contributed by atoms with Crippen LogP contribution in [0.2, 0.25) is 0 Å². The van der Waals surface area contributed by atoms with Crippen LogP contribution in [-0.2, 0) is 19.9 Å². The Morgan fingerprint density at radius 2 is 2.15 bits per heavy atom. The molecule has 20 heavy (non-hydrogen) atoms. The van der Waals surface area contributed by atoms with Gasteiger partial charge in [-0.05, 0) is 22.4 Å². The fraction of sp³-hybridized carbons (Fsp3) is 0.786. The van der Waals surface area contributed by atoms with Gasteiger partial charge in [-0.3, -0.25) is 4.68 Å². The van der Waals surface area contributed by atoms with E-state index >= 15 is 0 Å². The van der Waals surface area contributed by atoms with Gasteiger partial charge in [-0.2, -0.15) is 28.6 Å². The first-order valence-electron chi connectivity index (χ1n) is 7.16. The zero-order valence-corrected chi connectivity index (χ0v) is 15.8. The van der Waals surface area contributed by atoms with Gasteiger partial charge < -0.3 is 5.73 Å². The van der Waals surface area contributed by atoms with Crippen LogP contribution in [0, 0.1) is 0 Å². The lowest BCUT2D eigenvalue weighted by molar-refractivity contribution is 0.607. The van der Waals surface area contributed by atoms with E-state index in [2.05, 4.69) is 65.3 Å². The van der Waals surface area contributed by atoms with E-state index in [0.29, 0.717) is 10.5 Å². The fourth-order valence-corrected chi connectivity index (χ4v) is 6.27. The lowest BCUT2D eigenvalue weighted by Gasteiger charge is -2.34. The Morgan fingerprint density at radius 1 is 1.45 bits per heavy atom. The molecule has 4 atom stereocenters. The molecule has 1 aromatic heterocycles. The van der Waals surface area contributed by atoms with Crippen molar-refractivity contribution in [2.75, 3.05) is 5.75 Å². The van der Waals surface area contributed by atoms with Gasteiger partial charge in [-0.1, -0.05) is 20.8 Å². The Kier molecular flexibility index (Phi) is 5.91. The van der Waals surface area contributed by atoms with E-state index in [0.717, 1.165) is 34.0 Å². The summed E-state index contributed by atoms with van der Waals surface area (Å²) in [6.07, 6.45) is 1.84. The second kappa shape index (κ2) is 7.07. The maximum absolute atomic E-state index is 6.48. The first-order valence-corrected chi connectivity index (χ1v) is 9.95. The van der Waals surface area contributed by atoms with Gasteiger partial charge in [0.15, 0.2) is 0 Å². The molecule has 2 rings (SSSR count). The second-order valence-electron chi connectivity index (χ2n) is 5.47. The Hall–Kier alpha value is 0.350. The minimum absolute atomic E-state index is 0.193. The lowest BCUT2D eigenvalue weighted by atomic mass is 10.1. The molecule has 1 fully saturated rings. The van der Waals surface area contributed by atoms with Crippen LogP contribution in [-0.4, -0.2) is 37.3 Å². The van der Waals surface area contributed by atoms with Crippen LogP contribution in [0.3, 0.4) is 0 Å². The molecule has 0 amide bonds. The smallest absolute Gasteiger partial charge is 0.0766 e. The van der Waals surface area contributed by atoms with Crippen molar-refractivity contribution in [2.24, 2.45) is 12.8 Å². The van der Waals surface area contributed by atoms with Crippen molar-refractivity contribution in [3.05, 3.63) is 15.9 Å². The second-order valence-corrected chi connectivity index (χ2v) is 9.30. The monoisotopic (exact) mass is 377 g/mol. The summed E-state index contributed by atoms with van der Waals surface area (Å²) in [6.45, 7) is 6.76. The summed E-state index contributed by atoms with van der Waals surface area (Å²) in [4.78, 5) is 0. The Morgan fingerprint density at radius 3 is 2.70 bits per heavy atom. The molecule has 0 saturated carbocycles. The number of nitrogens with two attached hydrogens (primary N) is 1. The van der Waals surface area contributed by atoms with Crippen molar-refractivity contribution in [1.29, 1.82) is 0 Å². The minimum atomic E-state index is 0.193. The SMILES string of the molecule is CCc1nn(C)c(CC(N)C2CSC(C)C(C)S2)c1Br. The minimum Gasteiger partial charge on any atom is -0.326 e. The van der Waals surface area contributed by atoms with E-state index in [-0.39, 0.29) is 6.04 Å². The third-order valence-electron chi connectivity index (χ3n) is 3.98. The maximum Gasteiger partial charge on any atom is 0.0766 e. The molecule has 0 aromatic carbocycles. The van der Waals surface area contributed by atoms with Crippen LogP contribution in [0.5, 0.6) is 0 Å². The largest absolute Gasteiger partial charge is 0.326 e. The molecular formula is C14H24BrN3S2. The van der Waals surface area contributed by atoms with Crippen LogP contribution < -0.4 is 5.73 Å². The fourth-order valence-electron chi connectivity index (χ4n) is 2.43. The number of thioether (sulfide) groups is 2. The number of halogens is 1. The molecule has 0 bridgehead atoms. The number of aromatic nitrogens is 2. The summed E-state index contributed by atoms with van der Waals surface area (Å²) >= 11 is 7.80. The molecule has 6 heteroatoms. The molecule has 2 heterocycles. The van der Waals surface area contributed by atoms with Crippen molar-refractivity contribution in [3.63, 3.8) is 0 Å². The number of aryl methyl sites for hydroxylation is 2. The van der Waals surface area contributed by atoms with Crippen molar-refractivity contribution < 1.29 is 0 Å². The summed E-state index contributed by atoms with van der Waals surface area (Å²) in [5.41, 5.74) is 8.84. The number of nitrogens with zero attached hydrogens (tertiary/aromatic N) is 2. The Balaban J connectivity index is 2.04. The highest BCUT2D eigenvalue weighted by molar-refractivity contribution is 9.10. The molecule has 1 saturated heterocycles. The van der Waals surface area contributed by atoms with Crippen molar-refractivity contribution in [1.82, 2.24) is 9.78 Å². The van der Waals surface area contributed by atoms with E-state index in [9.17, 15) is 0 Å². The lowest BCUT2D eigenvalue weighted by Crippen LogP contribution is -2.41. The van der Waals surface area contributed by atoms with Crippen LogP contribution in [0.15, 0.2) is 4.47 Å². The van der Waals surface area contributed by atoms with Crippen molar-refractivity contribution in [3.8, 4) is 0 Å². The zero-order chi connectivity index (χ0) is 14.9. The van der Waals surface area contributed by atoms with E-state index in [1.54, 1.807) is 0 Å². The van der Waals surface area contributed by atoms with Gasteiger partial charge in [0.1, 0.15) is 0 Å². The summed E-state index contributed by atoms with van der Waals surface area (Å²) in [5, 5.41) is 6.52.